The van der Waals surface area contributed by atoms with Crippen LogP contribution in [-0.4, -0.2) is 24.9 Å². The second-order valence-corrected chi connectivity index (χ2v) is 7.84. The van der Waals surface area contributed by atoms with Crippen molar-refractivity contribution >= 4 is 43.1 Å². The summed E-state index contributed by atoms with van der Waals surface area (Å²) in [6.45, 7) is 2.88. The van der Waals surface area contributed by atoms with E-state index in [2.05, 4.69) is 35.9 Å². The van der Waals surface area contributed by atoms with Crippen LogP contribution < -0.4 is 10.0 Å². The number of nitrogens with one attached hydrogen (secondary N) is 2. The summed E-state index contributed by atoms with van der Waals surface area (Å²) >= 11 is 4.66. The highest BCUT2D eigenvalue weighted by Crippen LogP contribution is 2.23. The van der Waals surface area contributed by atoms with Crippen LogP contribution in [0, 0.1) is 0 Å². The molecular weight excluding hydrogens is 376 g/mol. The fourth-order valence-corrected chi connectivity index (χ4v) is 3.85. The van der Waals surface area contributed by atoms with E-state index in [0.29, 0.717) is 16.8 Å². The Kier molecular flexibility index (Phi) is 5.68. The van der Waals surface area contributed by atoms with Gasteiger partial charge < -0.3 is 5.32 Å². The number of hydrogen-bond donors (Lipinski definition) is 2. The van der Waals surface area contributed by atoms with Crippen LogP contribution in [0.1, 0.15) is 18.2 Å². The molecule has 0 unspecified atom stereocenters. The zero-order valence-corrected chi connectivity index (χ0v) is 14.6. The van der Waals surface area contributed by atoms with Gasteiger partial charge in [-0.15, -0.1) is 11.3 Å². The monoisotopic (exact) mass is 390 g/mol. The fraction of sp³-hybridized carbons (Fsp3) is 0.333. The summed E-state index contributed by atoms with van der Waals surface area (Å²) in [5.41, 5.74) is 1.67. The minimum absolute atomic E-state index is 0.134. The molecule has 0 saturated heterocycles. The average molecular weight is 391 g/mol. The topological polar surface area (TPSA) is 84.0 Å². The number of halogens is 1. The van der Waals surface area contributed by atoms with E-state index in [9.17, 15) is 8.42 Å². The van der Waals surface area contributed by atoms with Crippen LogP contribution >= 0.6 is 27.3 Å². The molecule has 0 spiro atoms. The molecule has 0 aliphatic carbocycles. The van der Waals surface area contributed by atoms with Crippen LogP contribution in [0.15, 0.2) is 33.3 Å². The quantitative estimate of drug-likeness (QED) is 0.758. The number of anilines is 1. The summed E-state index contributed by atoms with van der Waals surface area (Å²) in [5.74, 6) is 0.358. The van der Waals surface area contributed by atoms with Crippen LogP contribution in [0.4, 0.5) is 5.82 Å². The molecule has 21 heavy (non-hydrogen) atoms. The molecule has 0 fully saturated rings. The molecule has 0 aliphatic heterocycles. The lowest BCUT2D eigenvalue weighted by molar-refractivity contribution is 0.581. The Balaban J connectivity index is 2.23. The summed E-state index contributed by atoms with van der Waals surface area (Å²) in [6.07, 6.45) is 4.09. The maximum absolute atomic E-state index is 12.4. The molecule has 0 aliphatic rings. The Labute approximate surface area is 136 Å². The molecule has 9 heteroatoms. The van der Waals surface area contributed by atoms with Crippen molar-refractivity contribution in [3.63, 3.8) is 0 Å². The van der Waals surface area contributed by atoms with E-state index in [1.54, 1.807) is 24.0 Å². The fourth-order valence-electron chi connectivity index (χ4n) is 1.58. The summed E-state index contributed by atoms with van der Waals surface area (Å²) in [6, 6.07) is 1.54. The van der Waals surface area contributed by atoms with Crippen LogP contribution in [0.5, 0.6) is 0 Å². The molecular formula is C12H15BrN4O2S2. The first-order valence-corrected chi connectivity index (χ1v) is 9.45. The van der Waals surface area contributed by atoms with Crippen molar-refractivity contribution in [3.8, 4) is 0 Å². The first-order valence-electron chi connectivity index (χ1n) is 6.29. The third-order valence-electron chi connectivity index (χ3n) is 2.57. The van der Waals surface area contributed by atoms with Crippen molar-refractivity contribution in [1.82, 2.24) is 14.7 Å². The van der Waals surface area contributed by atoms with Gasteiger partial charge in [0, 0.05) is 34.8 Å². The van der Waals surface area contributed by atoms with Gasteiger partial charge in [0.05, 0.1) is 5.51 Å². The molecule has 2 N–H and O–H groups in total. The van der Waals surface area contributed by atoms with E-state index < -0.39 is 10.0 Å². The lowest BCUT2D eigenvalue weighted by atomic mass is 10.4. The Hall–Kier alpha value is -1.03. The number of nitrogens with zero attached hydrogens (tertiary/aromatic N) is 2. The van der Waals surface area contributed by atoms with Gasteiger partial charge in [0.2, 0.25) is 10.0 Å². The van der Waals surface area contributed by atoms with Crippen LogP contribution in [0.3, 0.4) is 0 Å². The van der Waals surface area contributed by atoms with Crippen LogP contribution in [0.2, 0.25) is 0 Å². The molecule has 2 aromatic heterocycles. The minimum atomic E-state index is -3.65. The highest BCUT2D eigenvalue weighted by atomic mass is 79.9. The second-order valence-electron chi connectivity index (χ2n) is 4.22. The number of pyridine rings is 1. The minimum Gasteiger partial charge on any atom is -0.369 e. The Morgan fingerprint density at radius 1 is 1.38 bits per heavy atom. The second kappa shape index (κ2) is 7.30. The first kappa shape index (κ1) is 16.3. The number of sulfonamides is 1. The molecule has 2 heterocycles. The molecule has 114 valence electrons. The van der Waals surface area contributed by atoms with E-state index in [0.717, 1.165) is 11.3 Å². The van der Waals surface area contributed by atoms with Crippen molar-refractivity contribution < 1.29 is 8.42 Å². The van der Waals surface area contributed by atoms with E-state index in [1.807, 2.05) is 6.92 Å². The van der Waals surface area contributed by atoms with Gasteiger partial charge in [0.25, 0.3) is 0 Å². The summed E-state index contributed by atoms with van der Waals surface area (Å²) in [4.78, 5) is 9.04. The van der Waals surface area contributed by atoms with Crippen LogP contribution in [0.25, 0.3) is 0 Å². The average Bonchev–Trinajstić information content (AvgIpc) is 2.97. The Morgan fingerprint density at radius 3 is 2.86 bits per heavy atom. The molecule has 2 aromatic rings. The van der Waals surface area contributed by atoms with Gasteiger partial charge in [0.1, 0.15) is 10.7 Å². The predicted octanol–water partition coefficient (Wildman–Crippen LogP) is 2.60. The van der Waals surface area contributed by atoms with E-state index in [4.69, 9.17) is 0 Å². The molecule has 6 nitrogen and oxygen atoms in total. The smallest absolute Gasteiger partial charge is 0.244 e. The standard InChI is InChI=1S/C12H15BrN4O2S2/c1-2-3-15-12-11(4-9(13)5-16-12)21(18,19)17-7-10-6-14-8-20-10/h4-6,8,17H,2-3,7H2,1H3,(H,15,16). The third-order valence-corrected chi connectivity index (χ3v) is 5.20. The van der Waals surface area contributed by atoms with Gasteiger partial charge in [-0.05, 0) is 28.4 Å². The Bertz CT molecular complexity index is 689. The van der Waals surface area contributed by atoms with Crippen molar-refractivity contribution in [1.29, 1.82) is 0 Å². The highest BCUT2D eigenvalue weighted by Gasteiger charge is 2.20. The molecule has 0 aromatic carbocycles. The lowest BCUT2D eigenvalue weighted by Gasteiger charge is -2.12. The molecule has 0 atom stereocenters. The van der Waals surface area contributed by atoms with Crippen molar-refractivity contribution in [2.75, 3.05) is 11.9 Å². The molecule has 0 radical (unpaired) electrons. The summed E-state index contributed by atoms with van der Waals surface area (Å²) < 4.78 is 28.0. The van der Waals surface area contributed by atoms with Gasteiger partial charge in [0.15, 0.2) is 0 Å². The maximum Gasteiger partial charge on any atom is 0.244 e. The third kappa shape index (κ3) is 4.47. The zero-order valence-electron chi connectivity index (χ0n) is 11.3. The predicted molar refractivity (Wildman–Crippen MR) is 86.9 cm³/mol. The van der Waals surface area contributed by atoms with E-state index in [1.165, 1.54) is 11.3 Å². The Morgan fingerprint density at radius 2 is 2.19 bits per heavy atom. The van der Waals surface area contributed by atoms with Gasteiger partial charge in [-0.25, -0.2) is 18.1 Å². The van der Waals surface area contributed by atoms with Gasteiger partial charge in [-0.2, -0.15) is 0 Å². The summed E-state index contributed by atoms with van der Waals surface area (Å²) in [5, 5.41) is 3.03. The normalized spacial score (nSPS) is 11.5. The number of rotatable bonds is 7. The lowest BCUT2D eigenvalue weighted by Crippen LogP contribution is -2.24. The van der Waals surface area contributed by atoms with Crippen LogP contribution in [-0.2, 0) is 16.6 Å². The number of thiazole rings is 1. The molecule has 0 saturated carbocycles. The largest absolute Gasteiger partial charge is 0.369 e. The SMILES string of the molecule is CCCNc1ncc(Br)cc1S(=O)(=O)NCc1cncs1. The van der Waals surface area contributed by atoms with Gasteiger partial charge >= 0.3 is 0 Å². The van der Waals surface area contributed by atoms with Crippen molar-refractivity contribution in [2.24, 2.45) is 0 Å². The van der Waals surface area contributed by atoms with Crippen molar-refractivity contribution in [2.45, 2.75) is 24.8 Å². The number of hydrogen-bond acceptors (Lipinski definition) is 6. The number of aromatic nitrogens is 2. The van der Waals surface area contributed by atoms with Gasteiger partial charge in [-0.3, -0.25) is 4.98 Å². The summed E-state index contributed by atoms with van der Waals surface area (Å²) in [7, 11) is -3.65. The van der Waals surface area contributed by atoms with E-state index in [-0.39, 0.29) is 11.4 Å². The highest BCUT2D eigenvalue weighted by molar-refractivity contribution is 9.10. The zero-order chi connectivity index (χ0) is 15.3. The van der Waals surface area contributed by atoms with E-state index >= 15 is 0 Å². The first-order chi connectivity index (χ1) is 10.0. The molecule has 0 amide bonds. The van der Waals surface area contributed by atoms with Crippen molar-refractivity contribution in [3.05, 3.63) is 33.3 Å². The van der Waals surface area contributed by atoms with Gasteiger partial charge in [-0.1, -0.05) is 6.92 Å². The molecule has 2 rings (SSSR count). The maximum atomic E-state index is 12.4. The molecule has 0 bridgehead atoms.